The van der Waals surface area contributed by atoms with Crippen molar-refractivity contribution in [2.45, 2.75) is 31.7 Å². The Balaban J connectivity index is 1.71. The van der Waals surface area contributed by atoms with Crippen molar-refractivity contribution < 1.29 is 9.52 Å². The molecule has 0 aliphatic heterocycles. The summed E-state index contributed by atoms with van der Waals surface area (Å²) in [6, 6.07) is 10.1. The fourth-order valence-corrected chi connectivity index (χ4v) is 2.19. The quantitative estimate of drug-likeness (QED) is 0.839. The Morgan fingerprint density at radius 2 is 2.00 bits per heavy atom. The van der Waals surface area contributed by atoms with E-state index in [1.165, 1.54) is 0 Å². The molecule has 106 valence electrons. The third-order valence-corrected chi connectivity index (χ3v) is 3.44. The first-order chi connectivity index (χ1) is 9.86. The van der Waals surface area contributed by atoms with Gasteiger partial charge in [0.05, 0.1) is 6.54 Å². The Labute approximate surface area is 118 Å². The third kappa shape index (κ3) is 3.17. The van der Waals surface area contributed by atoms with Crippen molar-refractivity contribution in [3.8, 4) is 0 Å². The molecule has 0 radical (unpaired) electrons. The molecule has 0 unspecified atom stereocenters. The number of rotatable bonds is 7. The van der Waals surface area contributed by atoms with Crippen LogP contribution < -0.4 is 4.90 Å². The fourth-order valence-electron chi connectivity index (χ4n) is 2.19. The Bertz CT molecular complexity index is 537. The highest BCUT2D eigenvalue weighted by Gasteiger charge is 2.29. The van der Waals surface area contributed by atoms with Gasteiger partial charge in [0.2, 0.25) is 11.8 Å². The predicted octanol–water partition coefficient (Wildman–Crippen LogP) is 2.34. The highest BCUT2D eigenvalue weighted by molar-refractivity contribution is 5.45. The minimum Gasteiger partial charge on any atom is -0.423 e. The number of hydrogen-bond acceptors (Lipinski definition) is 5. The van der Waals surface area contributed by atoms with Crippen LogP contribution in [0.5, 0.6) is 0 Å². The number of aliphatic hydroxyl groups excluding tert-OH is 1. The largest absolute Gasteiger partial charge is 0.423 e. The first-order valence-corrected chi connectivity index (χ1v) is 7.10. The lowest BCUT2D eigenvalue weighted by Gasteiger charge is -2.22. The maximum atomic E-state index is 9.04. The minimum absolute atomic E-state index is 0.181. The molecule has 2 aromatic rings. The van der Waals surface area contributed by atoms with E-state index in [0.717, 1.165) is 37.4 Å². The van der Waals surface area contributed by atoms with Crippen molar-refractivity contribution in [3.63, 3.8) is 0 Å². The Morgan fingerprint density at radius 1 is 1.20 bits per heavy atom. The monoisotopic (exact) mass is 273 g/mol. The third-order valence-electron chi connectivity index (χ3n) is 3.44. The average Bonchev–Trinajstić information content (AvgIpc) is 3.24. The summed E-state index contributed by atoms with van der Waals surface area (Å²) in [6.45, 7) is 1.53. The van der Waals surface area contributed by atoms with E-state index < -0.39 is 0 Å². The maximum Gasteiger partial charge on any atom is 0.235 e. The SMILES string of the molecule is OCCCN(Cc1nnc(C2CC2)o1)c1ccccc1. The molecular formula is C15H19N3O2. The smallest absolute Gasteiger partial charge is 0.235 e. The molecular weight excluding hydrogens is 254 g/mol. The predicted molar refractivity (Wildman–Crippen MR) is 75.5 cm³/mol. The van der Waals surface area contributed by atoms with Crippen molar-refractivity contribution in [3.05, 3.63) is 42.1 Å². The normalized spacial score (nSPS) is 14.4. The molecule has 1 aromatic carbocycles. The van der Waals surface area contributed by atoms with E-state index in [9.17, 15) is 0 Å². The van der Waals surface area contributed by atoms with Gasteiger partial charge in [-0.05, 0) is 31.4 Å². The lowest BCUT2D eigenvalue weighted by molar-refractivity contribution is 0.288. The van der Waals surface area contributed by atoms with Crippen LogP contribution in [-0.2, 0) is 6.54 Å². The van der Waals surface area contributed by atoms with Crippen LogP contribution >= 0.6 is 0 Å². The van der Waals surface area contributed by atoms with Gasteiger partial charge in [-0.2, -0.15) is 0 Å². The van der Waals surface area contributed by atoms with Crippen molar-refractivity contribution in [1.29, 1.82) is 0 Å². The number of benzene rings is 1. The molecule has 0 saturated heterocycles. The molecule has 20 heavy (non-hydrogen) atoms. The van der Waals surface area contributed by atoms with Crippen LogP contribution in [0.2, 0.25) is 0 Å². The molecule has 1 aliphatic carbocycles. The Hall–Kier alpha value is -1.88. The highest BCUT2D eigenvalue weighted by atomic mass is 16.4. The molecule has 0 amide bonds. The van der Waals surface area contributed by atoms with Crippen LogP contribution in [-0.4, -0.2) is 28.5 Å². The maximum absolute atomic E-state index is 9.04. The van der Waals surface area contributed by atoms with Gasteiger partial charge in [-0.15, -0.1) is 10.2 Å². The van der Waals surface area contributed by atoms with E-state index in [0.29, 0.717) is 18.4 Å². The summed E-state index contributed by atoms with van der Waals surface area (Å²) in [5.74, 6) is 1.91. The molecule has 1 fully saturated rings. The fraction of sp³-hybridized carbons (Fsp3) is 0.467. The summed E-state index contributed by atoms with van der Waals surface area (Å²) in [5.41, 5.74) is 1.10. The Kier molecular flexibility index (Phi) is 3.97. The van der Waals surface area contributed by atoms with Crippen LogP contribution in [0.25, 0.3) is 0 Å². The summed E-state index contributed by atoms with van der Waals surface area (Å²) in [7, 11) is 0. The van der Waals surface area contributed by atoms with Crippen LogP contribution in [0.3, 0.4) is 0 Å². The van der Waals surface area contributed by atoms with Gasteiger partial charge in [0.1, 0.15) is 0 Å². The van der Waals surface area contributed by atoms with Gasteiger partial charge in [0.25, 0.3) is 0 Å². The van der Waals surface area contributed by atoms with Crippen molar-refractivity contribution in [2.75, 3.05) is 18.1 Å². The van der Waals surface area contributed by atoms with Gasteiger partial charge in [0.15, 0.2) is 0 Å². The van der Waals surface area contributed by atoms with Gasteiger partial charge < -0.3 is 14.4 Å². The van der Waals surface area contributed by atoms with Crippen molar-refractivity contribution in [1.82, 2.24) is 10.2 Å². The minimum atomic E-state index is 0.181. The molecule has 1 heterocycles. The Morgan fingerprint density at radius 3 is 2.70 bits per heavy atom. The number of nitrogens with zero attached hydrogens (tertiary/aromatic N) is 3. The second-order valence-electron chi connectivity index (χ2n) is 5.14. The molecule has 0 spiro atoms. The van der Waals surface area contributed by atoms with Gasteiger partial charge in [-0.3, -0.25) is 0 Å². The molecule has 5 heteroatoms. The summed E-state index contributed by atoms with van der Waals surface area (Å²) in [5, 5.41) is 17.3. The number of anilines is 1. The molecule has 0 atom stereocenters. The van der Waals surface area contributed by atoms with E-state index in [-0.39, 0.29) is 6.61 Å². The summed E-state index contributed by atoms with van der Waals surface area (Å²) < 4.78 is 5.71. The number of aromatic nitrogens is 2. The van der Waals surface area contributed by atoms with E-state index in [1.807, 2.05) is 18.2 Å². The summed E-state index contributed by atoms with van der Waals surface area (Å²) in [6.07, 6.45) is 3.04. The summed E-state index contributed by atoms with van der Waals surface area (Å²) >= 11 is 0. The first-order valence-electron chi connectivity index (χ1n) is 7.10. The number of aliphatic hydroxyl groups is 1. The molecule has 3 rings (SSSR count). The van der Waals surface area contributed by atoms with Gasteiger partial charge in [0, 0.05) is 24.8 Å². The number of hydrogen-bond donors (Lipinski definition) is 1. The highest BCUT2D eigenvalue weighted by Crippen LogP contribution is 2.39. The van der Waals surface area contributed by atoms with Crippen molar-refractivity contribution in [2.24, 2.45) is 0 Å². The lowest BCUT2D eigenvalue weighted by atomic mass is 10.2. The van der Waals surface area contributed by atoms with Crippen LogP contribution in [0, 0.1) is 0 Å². The van der Waals surface area contributed by atoms with E-state index >= 15 is 0 Å². The zero-order valence-corrected chi connectivity index (χ0v) is 11.4. The topological polar surface area (TPSA) is 62.4 Å². The molecule has 5 nitrogen and oxygen atoms in total. The lowest BCUT2D eigenvalue weighted by Crippen LogP contribution is -2.24. The van der Waals surface area contributed by atoms with Crippen molar-refractivity contribution >= 4 is 5.69 Å². The molecule has 1 aromatic heterocycles. The van der Waals surface area contributed by atoms with E-state index in [1.54, 1.807) is 0 Å². The van der Waals surface area contributed by atoms with Crippen LogP contribution in [0.15, 0.2) is 34.7 Å². The summed E-state index contributed by atoms with van der Waals surface area (Å²) in [4.78, 5) is 2.15. The number of para-hydroxylation sites is 1. The van der Waals surface area contributed by atoms with Crippen LogP contribution in [0.1, 0.15) is 37.0 Å². The van der Waals surface area contributed by atoms with Gasteiger partial charge >= 0.3 is 0 Å². The van der Waals surface area contributed by atoms with Gasteiger partial charge in [-0.25, -0.2) is 0 Å². The molecule has 0 bridgehead atoms. The molecule has 1 aliphatic rings. The first kappa shape index (κ1) is 13.1. The molecule has 1 saturated carbocycles. The second-order valence-corrected chi connectivity index (χ2v) is 5.14. The standard InChI is InChI=1S/C15H19N3O2/c19-10-4-9-18(13-5-2-1-3-6-13)11-14-16-17-15(20-14)12-7-8-12/h1-3,5-6,12,19H,4,7-11H2. The van der Waals surface area contributed by atoms with Gasteiger partial charge in [-0.1, -0.05) is 18.2 Å². The van der Waals surface area contributed by atoms with E-state index in [2.05, 4.69) is 27.2 Å². The zero-order chi connectivity index (χ0) is 13.8. The zero-order valence-electron chi connectivity index (χ0n) is 11.4. The average molecular weight is 273 g/mol. The molecule has 1 N–H and O–H groups in total. The van der Waals surface area contributed by atoms with E-state index in [4.69, 9.17) is 9.52 Å². The second kappa shape index (κ2) is 6.05. The van der Waals surface area contributed by atoms with Crippen LogP contribution in [0.4, 0.5) is 5.69 Å².